The van der Waals surface area contributed by atoms with E-state index in [1.807, 2.05) is 6.07 Å². The molecule has 40 heavy (non-hydrogen) atoms. The number of hydrogen-bond acceptors (Lipinski definition) is 9. The lowest BCUT2D eigenvalue weighted by molar-refractivity contribution is -0.138. The lowest BCUT2D eigenvalue weighted by Crippen LogP contribution is -2.40. The van der Waals surface area contributed by atoms with Gasteiger partial charge in [-0.15, -0.1) is 0 Å². The van der Waals surface area contributed by atoms with Gasteiger partial charge in [0.2, 0.25) is 0 Å². The van der Waals surface area contributed by atoms with E-state index in [-0.39, 0.29) is 17.7 Å². The highest BCUT2D eigenvalue weighted by atomic mass is 32.1. The number of methoxy groups -OCH3 is 3. The van der Waals surface area contributed by atoms with Crippen molar-refractivity contribution in [3.05, 3.63) is 104 Å². The molecule has 9 nitrogen and oxygen atoms in total. The lowest BCUT2D eigenvalue weighted by atomic mass is 9.95. The van der Waals surface area contributed by atoms with Crippen molar-refractivity contribution in [1.29, 1.82) is 0 Å². The van der Waals surface area contributed by atoms with Crippen molar-refractivity contribution in [3.63, 3.8) is 0 Å². The van der Waals surface area contributed by atoms with Crippen molar-refractivity contribution >= 4 is 23.4 Å². The molecular weight excluding hydrogens is 532 g/mol. The molecule has 2 heterocycles. The van der Waals surface area contributed by atoms with E-state index in [4.69, 9.17) is 23.7 Å². The number of rotatable bonds is 11. The van der Waals surface area contributed by atoms with Crippen molar-refractivity contribution in [2.75, 3.05) is 34.5 Å². The molecule has 1 aliphatic rings. The highest BCUT2D eigenvalue weighted by Crippen LogP contribution is 2.36. The summed E-state index contributed by atoms with van der Waals surface area (Å²) in [5, 5.41) is 0. The summed E-state index contributed by atoms with van der Waals surface area (Å²) < 4.78 is 29.3. The lowest BCUT2D eigenvalue weighted by Gasteiger charge is -2.25. The highest BCUT2D eigenvalue weighted by Gasteiger charge is 2.34. The Kier molecular flexibility index (Phi) is 8.90. The summed E-state index contributed by atoms with van der Waals surface area (Å²) in [4.78, 5) is 32.2. The first-order valence-corrected chi connectivity index (χ1v) is 13.1. The molecule has 0 fully saturated rings. The van der Waals surface area contributed by atoms with E-state index in [0.29, 0.717) is 50.2 Å². The van der Waals surface area contributed by atoms with Crippen LogP contribution in [-0.2, 0) is 9.53 Å². The molecular formula is C30H30N2O7S. The van der Waals surface area contributed by atoms with E-state index < -0.39 is 12.0 Å². The van der Waals surface area contributed by atoms with E-state index in [1.165, 1.54) is 29.1 Å². The van der Waals surface area contributed by atoms with Crippen molar-refractivity contribution in [2.24, 2.45) is 4.99 Å². The van der Waals surface area contributed by atoms with Gasteiger partial charge in [0.05, 0.1) is 43.2 Å². The fourth-order valence-electron chi connectivity index (χ4n) is 4.33. The molecule has 4 rings (SSSR count). The van der Waals surface area contributed by atoms with Gasteiger partial charge in [0.1, 0.15) is 13.2 Å². The third kappa shape index (κ3) is 5.57. The van der Waals surface area contributed by atoms with Crippen LogP contribution in [0.2, 0.25) is 0 Å². The van der Waals surface area contributed by atoms with Crippen LogP contribution < -0.4 is 33.8 Å². The molecule has 0 bridgehead atoms. The van der Waals surface area contributed by atoms with Crippen LogP contribution in [-0.4, -0.2) is 45.1 Å². The summed E-state index contributed by atoms with van der Waals surface area (Å²) in [6.45, 7) is 9.33. The van der Waals surface area contributed by atoms with Crippen LogP contribution in [0.25, 0.3) is 6.08 Å². The normalized spacial score (nSPS) is 14.6. The van der Waals surface area contributed by atoms with Crippen molar-refractivity contribution in [1.82, 2.24) is 4.57 Å². The maximum absolute atomic E-state index is 13.9. The van der Waals surface area contributed by atoms with Crippen LogP contribution in [0.4, 0.5) is 0 Å². The van der Waals surface area contributed by atoms with Crippen LogP contribution in [0.15, 0.2) is 82.8 Å². The van der Waals surface area contributed by atoms with Crippen molar-refractivity contribution < 1.29 is 28.5 Å². The standard InChI is InChI=1S/C30H30N2O7S/c1-7-13-38-22-12-10-20(17-24(22)37-6)27-26(29(34)39-14-8-2)18(3)31-30-32(27)28(33)25(40-30)16-19-9-11-21(35-4)23(15-19)36-5/h7-12,15-17,27H,1-2,13-14H2,3-6H3/b25-16-. The van der Waals surface area contributed by atoms with E-state index in [9.17, 15) is 9.59 Å². The number of hydrogen-bond donors (Lipinski definition) is 0. The van der Waals surface area contributed by atoms with Crippen LogP contribution in [0.5, 0.6) is 23.0 Å². The Bertz CT molecular complexity index is 1670. The number of nitrogens with zero attached hydrogens (tertiary/aromatic N) is 2. The molecule has 0 saturated heterocycles. The van der Waals surface area contributed by atoms with Crippen molar-refractivity contribution in [2.45, 2.75) is 13.0 Å². The maximum Gasteiger partial charge on any atom is 0.338 e. The molecule has 0 amide bonds. The fraction of sp³-hybridized carbons (Fsp3) is 0.233. The molecule has 1 aromatic heterocycles. The van der Waals surface area contributed by atoms with Gasteiger partial charge in [-0.1, -0.05) is 48.8 Å². The minimum atomic E-state index is -0.816. The Morgan fingerprint density at radius 3 is 2.33 bits per heavy atom. The van der Waals surface area contributed by atoms with Gasteiger partial charge in [-0.2, -0.15) is 0 Å². The monoisotopic (exact) mass is 562 g/mol. The van der Waals surface area contributed by atoms with Crippen molar-refractivity contribution in [3.8, 4) is 23.0 Å². The molecule has 1 atom stereocenters. The molecule has 2 aromatic carbocycles. The van der Waals surface area contributed by atoms with Gasteiger partial charge in [-0.25, -0.2) is 9.79 Å². The predicted molar refractivity (Wildman–Crippen MR) is 153 cm³/mol. The Hall–Kier alpha value is -4.57. The molecule has 0 spiro atoms. The minimum Gasteiger partial charge on any atom is -0.493 e. The third-order valence-electron chi connectivity index (χ3n) is 6.14. The fourth-order valence-corrected chi connectivity index (χ4v) is 5.37. The number of ether oxygens (including phenoxy) is 5. The van der Waals surface area contributed by atoms with Gasteiger partial charge in [0.15, 0.2) is 27.8 Å². The minimum absolute atomic E-state index is 0.0176. The van der Waals surface area contributed by atoms with E-state index >= 15 is 0 Å². The SMILES string of the molecule is C=CCOC(=O)C1=C(C)N=c2s/c(=C\c3ccc(OC)c(OC)c3)c(=O)n2C1c1ccc(OCC=C)c(OC)c1. The number of benzene rings is 2. The van der Waals surface area contributed by atoms with Crippen LogP contribution in [0.1, 0.15) is 24.1 Å². The number of thiazole rings is 1. The smallest absolute Gasteiger partial charge is 0.338 e. The number of allylic oxidation sites excluding steroid dienone is 1. The molecule has 0 aliphatic carbocycles. The topological polar surface area (TPSA) is 97.6 Å². The molecule has 208 valence electrons. The Labute approximate surface area is 235 Å². The summed E-state index contributed by atoms with van der Waals surface area (Å²) in [5.74, 6) is 1.47. The molecule has 1 aliphatic heterocycles. The van der Waals surface area contributed by atoms with Gasteiger partial charge in [0.25, 0.3) is 5.56 Å². The quantitative estimate of drug-likeness (QED) is 0.260. The van der Waals surface area contributed by atoms with E-state index in [1.54, 1.807) is 63.6 Å². The molecule has 10 heteroatoms. The van der Waals surface area contributed by atoms with Gasteiger partial charge < -0.3 is 23.7 Å². The number of carbonyl (C=O) groups is 1. The number of esters is 1. The summed E-state index contributed by atoms with van der Waals surface area (Å²) in [6, 6.07) is 9.83. The summed E-state index contributed by atoms with van der Waals surface area (Å²) in [6.07, 6.45) is 4.87. The zero-order valence-corrected chi connectivity index (χ0v) is 23.6. The van der Waals surface area contributed by atoms with Gasteiger partial charge in [0, 0.05) is 0 Å². The van der Waals surface area contributed by atoms with E-state index in [2.05, 4.69) is 18.2 Å². The Morgan fingerprint density at radius 1 is 0.975 bits per heavy atom. The number of fused-ring (bicyclic) bond motifs is 1. The second-order valence-corrected chi connectivity index (χ2v) is 9.60. The zero-order chi connectivity index (χ0) is 28.8. The predicted octanol–water partition coefficient (Wildman–Crippen LogP) is 3.56. The first-order valence-electron chi connectivity index (χ1n) is 12.3. The van der Waals surface area contributed by atoms with Crippen LogP contribution >= 0.6 is 11.3 Å². The number of aromatic nitrogens is 1. The summed E-state index contributed by atoms with van der Waals surface area (Å²) >= 11 is 1.22. The van der Waals surface area contributed by atoms with Crippen LogP contribution in [0, 0.1) is 0 Å². The van der Waals surface area contributed by atoms with Crippen LogP contribution in [0.3, 0.4) is 0 Å². The molecule has 0 saturated carbocycles. The summed E-state index contributed by atoms with van der Waals surface area (Å²) in [5.41, 5.74) is 1.75. The maximum atomic E-state index is 13.9. The molecule has 0 N–H and O–H groups in total. The zero-order valence-electron chi connectivity index (χ0n) is 22.8. The van der Waals surface area contributed by atoms with Gasteiger partial charge in [-0.05, 0) is 48.4 Å². The largest absolute Gasteiger partial charge is 0.493 e. The van der Waals surface area contributed by atoms with E-state index in [0.717, 1.165) is 5.56 Å². The third-order valence-corrected chi connectivity index (χ3v) is 7.12. The first-order chi connectivity index (χ1) is 19.4. The Morgan fingerprint density at radius 2 is 1.65 bits per heavy atom. The second kappa shape index (κ2) is 12.5. The van der Waals surface area contributed by atoms with Gasteiger partial charge >= 0.3 is 5.97 Å². The first kappa shape index (κ1) is 28.4. The molecule has 1 unspecified atom stereocenters. The Balaban J connectivity index is 1.92. The summed E-state index contributed by atoms with van der Waals surface area (Å²) in [7, 11) is 4.63. The molecule has 3 aromatic rings. The number of carbonyl (C=O) groups excluding carboxylic acids is 1. The second-order valence-electron chi connectivity index (χ2n) is 8.59. The average molecular weight is 563 g/mol. The highest BCUT2D eigenvalue weighted by molar-refractivity contribution is 7.07. The van der Waals surface area contributed by atoms with Gasteiger partial charge in [-0.3, -0.25) is 9.36 Å². The molecule has 0 radical (unpaired) electrons. The average Bonchev–Trinajstić information content (AvgIpc) is 3.27.